The van der Waals surface area contributed by atoms with Crippen molar-refractivity contribution >= 4 is 48.9 Å². The minimum absolute atomic E-state index is 0.0734. The number of rotatable bonds is 11. The summed E-state index contributed by atoms with van der Waals surface area (Å²) in [5, 5.41) is 17.9. The zero-order valence-corrected chi connectivity index (χ0v) is 25.3. The monoisotopic (exact) mass is 602 g/mol. The van der Waals surface area contributed by atoms with Gasteiger partial charge in [-0.1, -0.05) is 27.7 Å². The molecule has 3 N–H and O–H groups in total. The van der Waals surface area contributed by atoms with Crippen LogP contribution < -0.4 is 10.6 Å². The lowest BCUT2D eigenvalue weighted by atomic mass is 10.0. The molecule has 0 aromatic carbocycles. The smallest absolute Gasteiger partial charge is 0.354 e. The van der Waals surface area contributed by atoms with E-state index in [9.17, 15) is 26.7 Å². The van der Waals surface area contributed by atoms with Crippen LogP contribution in [0.4, 0.5) is 5.69 Å². The zero-order valence-electron chi connectivity index (χ0n) is 22.9. The number of thiophene rings is 1. The Hall–Kier alpha value is -2.88. The maximum absolute atomic E-state index is 13.0. The summed E-state index contributed by atoms with van der Waals surface area (Å²) in [7, 11) is -8.50. The minimum atomic E-state index is -4.51. The van der Waals surface area contributed by atoms with Crippen molar-refractivity contribution in [3.8, 4) is 5.75 Å². The average Bonchev–Trinajstić information content (AvgIpc) is 3.45. The van der Waals surface area contributed by atoms with Gasteiger partial charge in [0.1, 0.15) is 17.2 Å². The average molecular weight is 603 g/mol. The first-order chi connectivity index (χ1) is 18.2. The SMILES string of the molecule is CCOC(=O)C1=C(N[C@@H](c2cc(C)c(C)o2)C(C)C)C(Nc2csc(S(=O)(=O)N(CC)CC)c2O)=NS1(=O)=O. The number of aryl methyl sites for hydroxylation is 2. The Morgan fingerprint density at radius 1 is 1.23 bits per heavy atom. The zero-order chi connectivity index (χ0) is 29.3. The van der Waals surface area contributed by atoms with E-state index in [0.29, 0.717) is 11.5 Å². The molecule has 0 bridgehead atoms. The van der Waals surface area contributed by atoms with Gasteiger partial charge >= 0.3 is 5.97 Å². The molecular formula is C24H34N4O8S3. The molecule has 1 atom stereocenters. The second-order valence-electron chi connectivity index (χ2n) is 9.09. The van der Waals surface area contributed by atoms with Crippen LogP contribution in [0, 0.1) is 19.8 Å². The van der Waals surface area contributed by atoms with Gasteiger partial charge in [-0.3, -0.25) is 0 Å². The van der Waals surface area contributed by atoms with E-state index in [1.807, 2.05) is 26.8 Å². The fraction of sp³-hybridized carbons (Fsp3) is 0.500. The second-order valence-corrected chi connectivity index (χ2v) is 13.6. The Morgan fingerprint density at radius 2 is 1.87 bits per heavy atom. The summed E-state index contributed by atoms with van der Waals surface area (Å²) in [6.45, 7) is 12.7. The largest absolute Gasteiger partial charge is 0.504 e. The van der Waals surface area contributed by atoms with Crippen LogP contribution in [-0.4, -0.2) is 57.7 Å². The number of carbonyl (C=O) groups excluding carboxylic acids is 1. The quantitative estimate of drug-likeness (QED) is 0.323. The molecule has 0 fully saturated rings. The summed E-state index contributed by atoms with van der Waals surface area (Å²) in [5.41, 5.74) is 0.626. The minimum Gasteiger partial charge on any atom is -0.504 e. The van der Waals surface area contributed by atoms with Gasteiger partial charge in [0.15, 0.2) is 15.8 Å². The molecule has 1 aliphatic heterocycles. The number of aromatic hydroxyl groups is 1. The first kappa shape index (κ1) is 30.7. The van der Waals surface area contributed by atoms with Crippen LogP contribution in [0.15, 0.2) is 35.1 Å². The van der Waals surface area contributed by atoms with Crippen molar-refractivity contribution in [2.45, 2.75) is 58.7 Å². The fourth-order valence-electron chi connectivity index (χ4n) is 3.96. The molecule has 0 aliphatic carbocycles. The number of sulfonamides is 2. The maximum atomic E-state index is 13.0. The number of ether oxygens (including phenoxy) is 1. The highest BCUT2D eigenvalue weighted by Crippen LogP contribution is 2.40. The molecule has 0 spiro atoms. The Kier molecular flexibility index (Phi) is 9.20. The van der Waals surface area contributed by atoms with Gasteiger partial charge in [-0.15, -0.1) is 15.7 Å². The molecule has 39 heavy (non-hydrogen) atoms. The van der Waals surface area contributed by atoms with Crippen LogP contribution in [0.5, 0.6) is 5.75 Å². The van der Waals surface area contributed by atoms with E-state index >= 15 is 0 Å². The van der Waals surface area contributed by atoms with Gasteiger partial charge in [0.2, 0.25) is 4.91 Å². The third-order valence-electron chi connectivity index (χ3n) is 6.12. The third kappa shape index (κ3) is 6.00. The highest BCUT2D eigenvalue weighted by atomic mass is 32.2. The summed E-state index contributed by atoms with van der Waals surface area (Å²) in [5.74, 6) is -0.916. The molecule has 0 amide bonds. The van der Waals surface area contributed by atoms with Gasteiger partial charge in [0.05, 0.1) is 18.3 Å². The number of furan rings is 1. The second kappa shape index (κ2) is 11.7. The van der Waals surface area contributed by atoms with Crippen molar-refractivity contribution in [3.63, 3.8) is 0 Å². The molecule has 0 unspecified atom stereocenters. The Morgan fingerprint density at radius 3 is 2.38 bits per heavy atom. The Balaban J connectivity index is 2.11. The van der Waals surface area contributed by atoms with Crippen molar-refractivity contribution in [2.75, 3.05) is 25.0 Å². The summed E-state index contributed by atoms with van der Waals surface area (Å²) in [6.07, 6.45) is 0. The molecule has 3 heterocycles. The predicted octanol–water partition coefficient (Wildman–Crippen LogP) is 3.61. The van der Waals surface area contributed by atoms with Crippen molar-refractivity contribution in [1.29, 1.82) is 0 Å². The highest BCUT2D eigenvalue weighted by Gasteiger charge is 2.41. The molecule has 2 aromatic heterocycles. The van der Waals surface area contributed by atoms with Crippen molar-refractivity contribution in [1.82, 2.24) is 9.62 Å². The van der Waals surface area contributed by atoms with Crippen LogP contribution in [0.2, 0.25) is 0 Å². The summed E-state index contributed by atoms with van der Waals surface area (Å²) < 4.78 is 67.6. The molecule has 1 aliphatic rings. The molecule has 0 radical (unpaired) electrons. The van der Waals surface area contributed by atoms with Crippen molar-refractivity contribution in [3.05, 3.63) is 39.1 Å². The first-order valence-electron chi connectivity index (χ1n) is 12.4. The van der Waals surface area contributed by atoms with Gasteiger partial charge in [0.25, 0.3) is 20.0 Å². The van der Waals surface area contributed by atoms with Gasteiger partial charge in [-0.05, 0) is 38.3 Å². The van der Waals surface area contributed by atoms with E-state index in [4.69, 9.17) is 9.15 Å². The number of anilines is 1. The van der Waals surface area contributed by atoms with Gasteiger partial charge < -0.3 is 24.9 Å². The van der Waals surface area contributed by atoms with E-state index in [2.05, 4.69) is 15.0 Å². The van der Waals surface area contributed by atoms with Crippen LogP contribution in [0.25, 0.3) is 0 Å². The lowest BCUT2D eigenvalue weighted by Crippen LogP contribution is -2.32. The molecule has 2 aromatic rings. The van der Waals surface area contributed by atoms with E-state index in [1.54, 1.807) is 27.7 Å². The third-order valence-corrected chi connectivity index (χ3v) is 11.0. The molecule has 3 rings (SSSR count). The summed E-state index contributed by atoms with van der Waals surface area (Å²) >= 11 is 0.772. The lowest BCUT2D eigenvalue weighted by Gasteiger charge is -2.23. The van der Waals surface area contributed by atoms with E-state index in [1.165, 1.54) is 9.69 Å². The normalized spacial score (nSPS) is 16.1. The number of hydrogen-bond donors (Lipinski definition) is 3. The molecule has 0 saturated carbocycles. The van der Waals surface area contributed by atoms with Crippen LogP contribution in [0.1, 0.15) is 57.7 Å². The molecule has 15 heteroatoms. The number of nitrogens with zero attached hydrogens (tertiary/aromatic N) is 2. The number of hydrogen-bond acceptors (Lipinski definition) is 11. The van der Waals surface area contributed by atoms with Crippen molar-refractivity contribution < 1.29 is 35.9 Å². The topological polar surface area (TPSA) is 168 Å². The van der Waals surface area contributed by atoms with Crippen LogP contribution in [0.3, 0.4) is 0 Å². The van der Waals surface area contributed by atoms with Crippen LogP contribution in [-0.2, 0) is 29.6 Å². The van der Waals surface area contributed by atoms with E-state index in [0.717, 1.165) is 16.9 Å². The number of amidine groups is 1. The van der Waals surface area contributed by atoms with Gasteiger partial charge in [-0.2, -0.15) is 12.7 Å². The van der Waals surface area contributed by atoms with E-state index < -0.39 is 42.7 Å². The van der Waals surface area contributed by atoms with Gasteiger partial charge in [-0.25, -0.2) is 13.2 Å². The van der Waals surface area contributed by atoms with E-state index in [-0.39, 0.29) is 47.0 Å². The summed E-state index contributed by atoms with van der Waals surface area (Å²) in [4.78, 5) is 12.1. The van der Waals surface area contributed by atoms with Crippen molar-refractivity contribution in [2.24, 2.45) is 10.3 Å². The fourth-order valence-corrected chi connectivity index (χ4v) is 7.95. The molecule has 12 nitrogen and oxygen atoms in total. The Bertz CT molecular complexity index is 1490. The molecule has 216 valence electrons. The number of nitrogens with one attached hydrogen (secondary N) is 2. The first-order valence-corrected chi connectivity index (χ1v) is 16.1. The Labute approximate surface area is 232 Å². The molecule has 0 saturated heterocycles. The number of esters is 1. The predicted molar refractivity (Wildman–Crippen MR) is 149 cm³/mol. The summed E-state index contributed by atoms with van der Waals surface area (Å²) in [6, 6.07) is 1.24. The van der Waals surface area contributed by atoms with Gasteiger partial charge in [0, 0.05) is 18.5 Å². The van der Waals surface area contributed by atoms with Crippen LogP contribution >= 0.6 is 11.3 Å². The molecular weight excluding hydrogens is 568 g/mol. The highest BCUT2D eigenvalue weighted by molar-refractivity contribution is 7.95. The maximum Gasteiger partial charge on any atom is 0.354 e. The number of carbonyl (C=O) groups is 1. The lowest BCUT2D eigenvalue weighted by molar-refractivity contribution is -0.137. The standard InChI is InChI=1S/C24H34N4O8S3/c1-8-28(9-2)39(33,34)24-20(29)16(12-37-24)25-22-19(21(23(30)35-10-3)38(31,32)27-22)26-18(13(4)5)17-11-14(6)15(7)36-17/h11-13,18,26,29H,8-10H2,1-7H3,(H,25,27)/t18-/m1/s1.